The van der Waals surface area contributed by atoms with Crippen LogP contribution in [0.1, 0.15) is 11.4 Å². The van der Waals surface area contributed by atoms with Crippen LogP contribution in [0.5, 0.6) is 11.5 Å². The molecule has 0 atom stereocenters. The lowest BCUT2D eigenvalue weighted by Crippen LogP contribution is -2.08. The van der Waals surface area contributed by atoms with E-state index in [1.54, 1.807) is 20.3 Å². The number of methoxy groups -OCH3 is 2. The molecule has 6 nitrogen and oxygen atoms in total. The molecule has 0 saturated heterocycles. The molecule has 146 valence electrons. The van der Waals surface area contributed by atoms with Gasteiger partial charge in [-0.15, -0.1) is 0 Å². The Balaban J connectivity index is 1.65. The Morgan fingerprint density at radius 2 is 1.79 bits per heavy atom. The summed E-state index contributed by atoms with van der Waals surface area (Å²) in [5.74, 6) is 3.62. The van der Waals surface area contributed by atoms with E-state index in [1.807, 2.05) is 43.3 Å². The van der Waals surface area contributed by atoms with Gasteiger partial charge in [-0.1, -0.05) is 23.7 Å². The molecule has 0 saturated carbocycles. The molecule has 0 amide bonds. The Hall–Kier alpha value is -2.99. The Bertz CT molecular complexity index is 949. The normalized spacial score (nSPS) is 10.4. The van der Waals surface area contributed by atoms with Crippen LogP contribution in [0.15, 0.2) is 48.5 Å². The Morgan fingerprint density at radius 3 is 2.54 bits per heavy atom. The van der Waals surface area contributed by atoms with E-state index < -0.39 is 0 Å². The Kier molecular flexibility index (Phi) is 6.55. The number of nitrogens with zero attached hydrogens (tertiary/aromatic N) is 2. The van der Waals surface area contributed by atoms with E-state index in [0.717, 1.165) is 30.2 Å². The van der Waals surface area contributed by atoms with E-state index in [9.17, 15) is 0 Å². The van der Waals surface area contributed by atoms with Crippen molar-refractivity contribution in [2.75, 3.05) is 31.4 Å². The van der Waals surface area contributed by atoms with Crippen LogP contribution in [0.3, 0.4) is 0 Å². The second-order valence-corrected chi connectivity index (χ2v) is 6.60. The predicted molar refractivity (Wildman–Crippen MR) is 113 cm³/mol. The number of aryl methyl sites for hydroxylation is 1. The van der Waals surface area contributed by atoms with Gasteiger partial charge in [0.25, 0.3) is 0 Å². The average Bonchev–Trinajstić information content (AvgIpc) is 2.68. The highest BCUT2D eigenvalue weighted by molar-refractivity contribution is 6.32. The van der Waals surface area contributed by atoms with Crippen molar-refractivity contribution in [1.29, 1.82) is 0 Å². The topological polar surface area (TPSA) is 68.3 Å². The number of halogens is 1. The summed E-state index contributed by atoms with van der Waals surface area (Å²) in [4.78, 5) is 8.89. The van der Waals surface area contributed by atoms with Crippen LogP contribution in [0.2, 0.25) is 5.02 Å². The molecule has 0 bridgehead atoms. The minimum Gasteiger partial charge on any atom is -0.497 e. The summed E-state index contributed by atoms with van der Waals surface area (Å²) in [6, 6.07) is 15.4. The van der Waals surface area contributed by atoms with Gasteiger partial charge in [0.1, 0.15) is 29.0 Å². The summed E-state index contributed by atoms with van der Waals surface area (Å²) in [6.07, 6.45) is 0.858. The lowest BCUT2D eigenvalue weighted by atomic mass is 10.1. The number of benzene rings is 2. The van der Waals surface area contributed by atoms with Crippen LogP contribution in [-0.4, -0.2) is 30.7 Å². The van der Waals surface area contributed by atoms with E-state index in [1.165, 1.54) is 5.56 Å². The predicted octanol–water partition coefficient (Wildman–Crippen LogP) is 4.85. The zero-order valence-corrected chi connectivity index (χ0v) is 16.9. The van der Waals surface area contributed by atoms with E-state index >= 15 is 0 Å². The first-order valence-corrected chi connectivity index (χ1v) is 9.28. The number of aromatic nitrogens is 2. The van der Waals surface area contributed by atoms with Crippen LogP contribution < -0.4 is 20.1 Å². The molecule has 0 fully saturated rings. The van der Waals surface area contributed by atoms with Gasteiger partial charge in [0, 0.05) is 18.3 Å². The third-order valence-electron chi connectivity index (χ3n) is 4.12. The molecule has 0 unspecified atom stereocenters. The molecule has 0 spiro atoms. The standard InChI is InChI=1S/C21H23ClN4O2/c1-14-24-20(23-10-9-15-5-4-6-17(11-15)27-2)13-21(25-14)26-16-7-8-19(28-3)18(22)12-16/h4-8,11-13H,9-10H2,1-3H3,(H2,23,24,25,26). The summed E-state index contributed by atoms with van der Waals surface area (Å²) in [5.41, 5.74) is 2.02. The number of hydrogen-bond donors (Lipinski definition) is 2. The number of rotatable bonds is 8. The van der Waals surface area contributed by atoms with E-state index in [4.69, 9.17) is 21.1 Å². The molecule has 0 radical (unpaired) electrons. The van der Waals surface area contributed by atoms with Crippen molar-refractivity contribution in [3.63, 3.8) is 0 Å². The first-order chi connectivity index (χ1) is 13.6. The second-order valence-electron chi connectivity index (χ2n) is 6.19. The van der Waals surface area contributed by atoms with Crippen molar-refractivity contribution >= 4 is 28.9 Å². The third kappa shape index (κ3) is 5.27. The van der Waals surface area contributed by atoms with Gasteiger partial charge in [-0.2, -0.15) is 0 Å². The maximum atomic E-state index is 6.19. The van der Waals surface area contributed by atoms with Crippen molar-refractivity contribution < 1.29 is 9.47 Å². The highest BCUT2D eigenvalue weighted by Gasteiger charge is 2.06. The lowest BCUT2D eigenvalue weighted by Gasteiger charge is -2.11. The summed E-state index contributed by atoms with van der Waals surface area (Å²) in [7, 11) is 3.26. The molecular weight excluding hydrogens is 376 g/mol. The summed E-state index contributed by atoms with van der Waals surface area (Å²) in [5, 5.41) is 7.14. The molecule has 7 heteroatoms. The first-order valence-electron chi connectivity index (χ1n) is 8.90. The molecule has 2 N–H and O–H groups in total. The molecule has 1 heterocycles. The average molecular weight is 399 g/mol. The molecule has 0 aliphatic rings. The maximum Gasteiger partial charge on any atom is 0.137 e. The van der Waals surface area contributed by atoms with Crippen molar-refractivity contribution in [3.8, 4) is 11.5 Å². The number of nitrogens with one attached hydrogen (secondary N) is 2. The molecular formula is C21H23ClN4O2. The van der Waals surface area contributed by atoms with E-state index in [0.29, 0.717) is 22.4 Å². The minimum atomic E-state index is 0.537. The monoisotopic (exact) mass is 398 g/mol. The zero-order valence-electron chi connectivity index (χ0n) is 16.1. The quantitative estimate of drug-likeness (QED) is 0.565. The van der Waals surface area contributed by atoms with Crippen molar-refractivity contribution in [2.24, 2.45) is 0 Å². The van der Waals surface area contributed by atoms with Gasteiger partial charge in [-0.05, 0) is 49.2 Å². The summed E-state index contributed by atoms with van der Waals surface area (Å²) >= 11 is 6.19. The Labute approximate surface area is 169 Å². The van der Waals surface area contributed by atoms with Gasteiger partial charge in [0.2, 0.25) is 0 Å². The van der Waals surface area contributed by atoms with Crippen LogP contribution >= 0.6 is 11.6 Å². The fraction of sp³-hybridized carbons (Fsp3) is 0.238. The molecule has 0 aliphatic carbocycles. The fourth-order valence-electron chi connectivity index (χ4n) is 2.78. The first kappa shape index (κ1) is 19.8. The van der Waals surface area contributed by atoms with Gasteiger partial charge in [-0.3, -0.25) is 0 Å². The van der Waals surface area contributed by atoms with Crippen molar-refractivity contribution in [1.82, 2.24) is 9.97 Å². The van der Waals surface area contributed by atoms with Crippen molar-refractivity contribution in [2.45, 2.75) is 13.3 Å². The highest BCUT2D eigenvalue weighted by Crippen LogP contribution is 2.28. The minimum absolute atomic E-state index is 0.537. The van der Waals surface area contributed by atoms with Crippen LogP contribution in [0.4, 0.5) is 17.3 Å². The molecule has 3 rings (SSSR count). The molecule has 3 aromatic rings. The van der Waals surface area contributed by atoms with Crippen molar-refractivity contribution in [3.05, 3.63) is 64.9 Å². The van der Waals surface area contributed by atoms with Gasteiger partial charge in [0.15, 0.2) is 0 Å². The smallest absolute Gasteiger partial charge is 0.137 e. The van der Waals surface area contributed by atoms with Gasteiger partial charge >= 0.3 is 0 Å². The van der Waals surface area contributed by atoms with Gasteiger partial charge in [-0.25, -0.2) is 9.97 Å². The molecule has 0 aliphatic heterocycles. The highest BCUT2D eigenvalue weighted by atomic mass is 35.5. The SMILES string of the molecule is COc1cccc(CCNc2cc(Nc3ccc(OC)c(Cl)c3)nc(C)n2)c1. The summed E-state index contributed by atoms with van der Waals surface area (Å²) < 4.78 is 10.4. The molecule has 28 heavy (non-hydrogen) atoms. The lowest BCUT2D eigenvalue weighted by molar-refractivity contribution is 0.414. The van der Waals surface area contributed by atoms with Crippen LogP contribution in [-0.2, 0) is 6.42 Å². The van der Waals surface area contributed by atoms with Gasteiger partial charge in [0.05, 0.1) is 19.2 Å². The van der Waals surface area contributed by atoms with Gasteiger partial charge < -0.3 is 20.1 Å². The Morgan fingerprint density at radius 1 is 0.964 bits per heavy atom. The fourth-order valence-corrected chi connectivity index (χ4v) is 3.03. The van der Waals surface area contributed by atoms with E-state index in [-0.39, 0.29) is 0 Å². The van der Waals surface area contributed by atoms with E-state index in [2.05, 4.69) is 26.7 Å². The number of ether oxygens (including phenoxy) is 2. The van der Waals surface area contributed by atoms with Crippen LogP contribution in [0, 0.1) is 6.92 Å². The number of hydrogen-bond acceptors (Lipinski definition) is 6. The maximum absolute atomic E-state index is 6.19. The van der Waals surface area contributed by atoms with Crippen LogP contribution in [0.25, 0.3) is 0 Å². The second kappa shape index (κ2) is 9.28. The molecule has 2 aromatic carbocycles. The largest absolute Gasteiger partial charge is 0.497 e. The number of anilines is 3. The molecule has 1 aromatic heterocycles. The summed E-state index contributed by atoms with van der Waals surface area (Å²) in [6.45, 7) is 2.61. The third-order valence-corrected chi connectivity index (χ3v) is 4.41. The zero-order chi connectivity index (χ0) is 19.9.